The standard InChI is InChI=1S/C18H17FN2O3S2/c1-23-8-9-24-15-7-6-12(19)10-14(15)20-17(22)11-25-18-21-13-4-2-3-5-16(13)26-18/h2-7,10H,8-9,11H2,1H3,(H,20,22). The summed E-state index contributed by atoms with van der Waals surface area (Å²) >= 11 is 2.88. The number of aromatic nitrogens is 1. The molecule has 0 atom stereocenters. The summed E-state index contributed by atoms with van der Waals surface area (Å²) in [5, 5.41) is 2.69. The number of carbonyl (C=O) groups is 1. The summed E-state index contributed by atoms with van der Waals surface area (Å²) in [5.74, 6) is -0.121. The van der Waals surface area contributed by atoms with Gasteiger partial charge in [-0.3, -0.25) is 4.79 Å². The van der Waals surface area contributed by atoms with Crippen molar-refractivity contribution in [3.8, 4) is 5.75 Å². The molecule has 5 nitrogen and oxygen atoms in total. The number of para-hydroxylation sites is 1. The first-order valence-corrected chi connectivity index (χ1v) is 9.65. The van der Waals surface area contributed by atoms with Crippen molar-refractivity contribution in [2.45, 2.75) is 4.34 Å². The molecule has 1 N–H and O–H groups in total. The highest BCUT2D eigenvalue weighted by atomic mass is 32.2. The van der Waals surface area contributed by atoms with Crippen molar-refractivity contribution >= 4 is 44.9 Å². The minimum absolute atomic E-state index is 0.174. The van der Waals surface area contributed by atoms with Crippen LogP contribution in [0.4, 0.5) is 10.1 Å². The number of thioether (sulfide) groups is 1. The van der Waals surface area contributed by atoms with Gasteiger partial charge in [-0.2, -0.15) is 0 Å². The number of rotatable bonds is 8. The van der Waals surface area contributed by atoms with Gasteiger partial charge in [0.2, 0.25) is 5.91 Å². The van der Waals surface area contributed by atoms with E-state index in [0.29, 0.717) is 24.7 Å². The molecule has 0 fully saturated rings. The van der Waals surface area contributed by atoms with Crippen molar-refractivity contribution in [2.75, 3.05) is 31.4 Å². The Kier molecular flexibility index (Phi) is 6.43. The van der Waals surface area contributed by atoms with Gasteiger partial charge in [-0.25, -0.2) is 9.37 Å². The third-order valence-electron chi connectivity index (χ3n) is 3.36. The number of thiazole rings is 1. The minimum Gasteiger partial charge on any atom is -0.489 e. The molecule has 0 spiro atoms. The molecule has 8 heteroatoms. The zero-order valence-electron chi connectivity index (χ0n) is 14.0. The second-order valence-corrected chi connectivity index (χ2v) is 7.52. The van der Waals surface area contributed by atoms with Gasteiger partial charge in [-0.05, 0) is 24.3 Å². The molecule has 0 unspecified atom stereocenters. The summed E-state index contributed by atoms with van der Waals surface area (Å²) < 4.78 is 25.8. The van der Waals surface area contributed by atoms with Crippen LogP contribution in [-0.4, -0.2) is 37.0 Å². The van der Waals surface area contributed by atoms with Crippen molar-refractivity contribution in [3.05, 3.63) is 48.3 Å². The number of nitrogens with one attached hydrogen (secondary N) is 1. The normalized spacial score (nSPS) is 10.8. The molecule has 2 aromatic carbocycles. The molecule has 3 aromatic rings. The van der Waals surface area contributed by atoms with Crippen LogP contribution in [0.15, 0.2) is 46.8 Å². The maximum absolute atomic E-state index is 13.5. The van der Waals surface area contributed by atoms with Crippen molar-refractivity contribution in [3.63, 3.8) is 0 Å². The third-order valence-corrected chi connectivity index (χ3v) is 5.54. The average Bonchev–Trinajstić information content (AvgIpc) is 3.05. The van der Waals surface area contributed by atoms with E-state index in [2.05, 4.69) is 10.3 Å². The Labute approximate surface area is 158 Å². The molecule has 3 rings (SSSR count). The van der Waals surface area contributed by atoms with Crippen LogP contribution in [-0.2, 0) is 9.53 Å². The molecule has 1 aromatic heterocycles. The molecule has 1 heterocycles. The first kappa shape index (κ1) is 18.6. The lowest BCUT2D eigenvalue weighted by Crippen LogP contribution is -2.15. The first-order chi connectivity index (χ1) is 12.7. The predicted molar refractivity (Wildman–Crippen MR) is 103 cm³/mol. The van der Waals surface area contributed by atoms with Crippen LogP contribution in [0.25, 0.3) is 10.2 Å². The Morgan fingerprint density at radius 1 is 1.27 bits per heavy atom. The van der Waals surface area contributed by atoms with Crippen LogP contribution in [0.5, 0.6) is 5.75 Å². The van der Waals surface area contributed by atoms with E-state index in [-0.39, 0.29) is 11.7 Å². The number of benzene rings is 2. The number of halogens is 1. The second-order valence-electron chi connectivity index (χ2n) is 5.27. The van der Waals surface area contributed by atoms with Gasteiger partial charge >= 0.3 is 0 Å². The Morgan fingerprint density at radius 3 is 2.92 bits per heavy atom. The lowest BCUT2D eigenvalue weighted by atomic mass is 10.3. The molecular weight excluding hydrogens is 375 g/mol. The van der Waals surface area contributed by atoms with Crippen molar-refractivity contribution in [2.24, 2.45) is 0 Å². The number of anilines is 1. The molecule has 136 valence electrons. The van der Waals surface area contributed by atoms with Crippen LogP contribution in [0.3, 0.4) is 0 Å². The van der Waals surface area contributed by atoms with Crippen LogP contribution in [0.2, 0.25) is 0 Å². The van der Waals surface area contributed by atoms with E-state index in [0.717, 1.165) is 14.6 Å². The molecule has 0 aliphatic heterocycles. The van der Waals surface area contributed by atoms with E-state index in [1.54, 1.807) is 7.11 Å². The highest BCUT2D eigenvalue weighted by Gasteiger charge is 2.12. The zero-order chi connectivity index (χ0) is 18.4. The van der Waals surface area contributed by atoms with Gasteiger partial charge in [0, 0.05) is 13.2 Å². The Bertz CT molecular complexity index is 868. The topological polar surface area (TPSA) is 60.5 Å². The summed E-state index contributed by atoms with van der Waals surface area (Å²) in [4.78, 5) is 16.7. The molecule has 0 saturated carbocycles. The monoisotopic (exact) mass is 392 g/mol. The lowest BCUT2D eigenvalue weighted by Gasteiger charge is -2.12. The predicted octanol–water partition coefficient (Wildman–Crippen LogP) is 4.19. The smallest absolute Gasteiger partial charge is 0.234 e. The van der Waals surface area contributed by atoms with E-state index in [9.17, 15) is 9.18 Å². The minimum atomic E-state index is -0.446. The van der Waals surface area contributed by atoms with Gasteiger partial charge in [0.15, 0.2) is 4.34 Å². The van der Waals surface area contributed by atoms with E-state index >= 15 is 0 Å². The maximum atomic E-state index is 13.5. The van der Waals surface area contributed by atoms with E-state index in [4.69, 9.17) is 9.47 Å². The number of methoxy groups -OCH3 is 1. The van der Waals surface area contributed by atoms with Crippen LogP contribution < -0.4 is 10.1 Å². The highest BCUT2D eigenvalue weighted by molar-refractivity contribution is 8.01. The zero-order valence-corrected chi connectivity index (χ0v) is 15.7. The number of fused-ring (bicyclic) bond motifs is 1. The highest BCUT2D eigenvalue weighted by Crippen LogP contribution is 2.30. The SMILES string of the molecule is COCCOc1ccc(F)cc1NC(=O)CSc1nc2ccccc2s1. The number of ether oxygens (including phenoxy) is 2. The van der Waals surface area contributed by atoms with Crippen molar-refractivity contribution in [1.29, 1.82) is 0 Å². The van der Waals surface area contributed by atoms with Crippen LogP contribution in [0, 0.1) is 5.82 Å². The molecule has 0 aliphatic carbocycles. The van der Waals surface area contributed by atoms with Gasteiger partial charge in [-0.15, -0.1) is 11.3 Å². The van der Waals surface area contributed by atoms with Crippen molar-refractivity contribution < 1.29 is 18.7 Å². The summed E-state index contributed by atoms with van der Waals surface area (Å²) in [6.07, 6.45) is 0. The average molecular weight is 392 g/mol. The fourth-order valence-corrected chi connectivity index (χ4v) is 4.06. The molecule has 0 aliphatic rings. The maximum Gasteiger partial charge on any atom is 0.234 e. The van der Waals surface area contributed by atoms with Gasteiger partial charge in [0.25, 0.3) is 0 Å². The molecule has 0 bridgehead atoms. The summed E-state index contributed by atoms with van der Waals surface area (Å²) in [5.41, 5.74) is 1.22. The van der Waals surface area contributed by atoms with E-state index in [1.807, 2.05) is 24.3 Å². The largest absolute Gasteiger partial charge is 0.489 e. The van der Waals surface area contributed by atoms with Crippen LogP contribution >= 0.6 is 23.1 Å². The molecule has 0 saturated heterocycles. The summed E-state index contributed by atoms with van der Waals surface area (Å²) in [6.45, 7) is 0.712. The van der Waals surface area contributed by atoms with Crippen molar-refractivity contribution in [1.82, 2.24) is 4.98 Å². The lowest BCUT2D eigenvalue weighted by molar-refractivity contribution is -0.113. The number of nitrogens with zero attached hydrogens (tertiary/aromatic N) is 1. The quantitative estimate of drug-likeness (QED) is 0.460. The fourth-order valence-electron chi connectivity index (χ4n) is 2.19. The number of carbonyl (C=O) groups excluding carboxylic acids is 1. The third kappa shape index (κ3) is 4.94. The second kappa shape index (κ2) is 8.98. The first-order valence-electron chi connectivity index (χ1n) is 7.85. The fraction of sp³-hybridized carbons (Fsp3) is 0.222. The van der Waals surface area contributed by atoms with Gasteiger partial charge in [0.1, 0.15) is 18.2 Å². The summed E-state index contributed by atoms with van der Waals surface area (Å²) in [6, 6.07) is 11.8. The van der Waals surface area contributed by atoms with E-state index < -0.39 is 5.82 Å². The molecule has 26 heavy (non-hydrogen) atoms. The molecule has 1 amide bonds. The molecular formula is C18H17FN2O3S2. The molecule has 0 radical (unpaired) electrons. The van der Waals surface area contributed by atoms with Gasteiger partial charge in [-0.1, -0.05) is 23.9 Å². The van der Waals surface area contributed by atoms with Gasteiger partial charge in [0.05, 0.1) is 28.3 Å². The van der Waals surface area contributed by atoms with Gasteiger partial charge < -0.3 is 14.8 Å². The number of amides is 1. The Morgan fingerprint density at radius 2 is 2.12 bits per heavy atom. The van der Waals surface area contributed by atoms with Crippen LogP contribution in [0.1, 0.15) is 0 Å². The Balaban J connectivity index is 1.61. The number of hydrogen-bond acceptors (Lipinski definition) is 6. The van der Waals surface area contributed by atoms with E-state index in [1.165, 1.54) is 41.3 Å². The Hall–Kier alpha value is -2.16. The summed E-state index contributed by atoms with van der Waals surface area (Å²) in [7, 11) is 1.57. The number of hydrogen-bond donors (Lipinski definition) is 1.